The van der Waals surface area contributed by atoms with Gasteiger partial charge in [0.1, 0.15) is 0 Å². The molecule has 0 saturated carbocycles. The van der Waals surface area contributed by atoms with Crippen molar-refractivity contribution in [2.24, 2.45) is 5.73 Å². The van der Waals surface area contributed by atoms with E-state index >= 15 is 0 Å². The monoisotopic (exact) mass is 221 g/mol. The molecule has 3 heteroatoms. The molecule has 1 atom stereocenters. The summed E-state index contributed by atoms with van der Waals surface area (Å²) in [5.41, 5.74) is 8.75. The number of hydrogen-bond acceptors (Lipinski definition) is 2. The van der Waals surface area contributed by atoms with Crippen molar-refractivity contribution in [2.45, 2.75) is 64.5 Å². The number of aromatic nitrogens is 2. The van der Waals surface area contributed by atoms with Gasteiger partial charge in [-0.2, -0.15) is 0 Å². The average molecular weight is 221 g/mol. The van der Waals surface area contributed by atoms with Gasteiger partial charge < -0.3 is 10.3 Å². The van der Waals surface area contributed by atoms with Crippen LogP contribution in [0.4, 0.5) is 0 Å². The maximum absolute atomic E-state index is 5.93. The van der Waals surface area contributed by atoms with Crippen LogP contribution in [0.2, 0.25) is 0 Å². The van der Waals surface area contributed by atoms with Gasteiger partial charge in [-0.3, -0.25) is 0 Å². The summed E-state index contributed by atoms with van der Waals surface area (Å²) in [6.45, 7) is 3.25. The molecule has 90 valence electrons. The molecule has 1 aromatic heterocycles. The van der Waals surface area contributed by atoms with Gasteiger partial charge in [0.25, 0.3) is 0 Å². The molecule has 1 unspecified atom stereocenters. The Morgan fingerprint density at radius 2 is 2.25 bits per heavy atom. The van der Waals surface area contributed by atoms with Gasteiger partial charge in [0.05, 0.1) is 12.0 Å². The summed E-state index contributed by atoms with van der Waals surface area (Å²) >= 11 is 0. The highest BCUT2D eigenvalue weighted by molar-refractivity contribution is 5.16. The van der Waals surface area contributed by atoms with E-state index in [9.17, 15) is 0 Å². The first kappa shape index (κ1) is 11.6. The molecule has 0 aromatic carbocycles. The fourth-order valence-electron chi connectivity index (χ4n) is 2.45. The summed E-state index contributed by atoms with van der Waals surface area (Å²) in [5.74, 6) is 0. The van der Waals surface area contributed by atoms with E-state index in [-0.39, 0.29) is 0 Å². The molecule has 1 aliphatic carbocycles. The lowest BCUT2D eigenvalue weighted by atomic mass is 10.0. The lowest BCUT2D eigenvalue weighted by Crippen LogP contribution is -2.19. The molecule has 2 rings (SSSR count). The maximum atomic E-state index is 5.93. The minimum absolute atomic E-state index is 0.374. The predicted octanol–water partition coefficient (Wildman–Crippen LogP) is 2.28. The second kappa shape index (κ2) is 5.48. The highest BCUT2D eigenvalue weighted by Gasteiger charge is 2.14. The van der Waals surface area contributed by atoms with Gasteiger partial charge in [0, 0.05) is 18.3 Å². The lowest BCUT2D eigenvalue weighted by molar-refractivity contribution is 0.511. The molecule has 0 saturated heterocycles. The first-order valence-electron chi connectivity index (χ1n) is 6.59. The number of rotatable bonds is 5. The molecule has 3 nitrogen and oxygen atoms in total. The Hall–Kier alpha value is -0.830. The zero-order valence-electron chi connectivity index (χ0n) is 10.3. The number of nitrogens with zero attached hydrogens (tertiary/aromatic N) is 2. The summed E-state index contributed by atoms with van der Waals surface area (Å²) in [7, 11) is 0. The zero-order chi connectivity index (χ0) is 11.4. The molecule has 1 heterocycles. The van der Waals surface area contributed by atoms with E-state index in [0.717, 1.165) is 19.4 Å². The third-order valence-corrected chi connectivity index (χ3v) is 3.61. The smallest absolute Gasteiger partial charge is 0.0951 e. The maximum Gasteiger partial charge on any atom is 0.0951 e. The normalized spacial score (nSPS) is 17.1. The Morgan fingerprint density at radius 3 is 3.06 bits per heavy atom. The Bertz CT molecular complexity index is 330. The second-order valence-corrected chi connectivity index (χ2v) is 4.85. The van der Waals surface area contributed by atoms with Crippen molar-refractivity contribution >= 4 is 0 Å². The number of aryl methyl sites for hydroxylation is 2. The van der Waals surface area contributed by atoms with E-state index in [1.807, 2.05) is 6.33 Å². The minimum atomic E-state index is 0.374. The first-order valence-corrected chi connectivity index (χ1v) is 6.59. The third kappa shape index (κ3) is 2.64. The quantitative estimate of drug-likeness (QED) is 0.829. The fraction of sp³-hybridized carbons (Fsp3) is 0.769. The average Bonchev–Trinajstić information content (AvgIpc) is 2.73. The van der Waals surface area contributed by atoms with Crippen LogP contribution in [-0.2, 0) is 19.4 Å². The van der Waals surface area contributed by atoms with E-state index in [0.29, 0.717) is 6.04 Å². The predicted molar refractivity (Wildman–Crippen MR) is 66.4 cm³/mol. The molecule has 1 aromatic rings. The number of nitrogens with two attached hydrogens (primary N) is 1. The zero-order valence-corrected chi connectivity index (χ0v) is 10.3. The number of imidazole rings is 1. The second-order valence-electron chi connectivity index (χ2n) is 4.85. The van der Waals surface area contributed by atoms with Crippen LogP contribution < -0.4 is 5.73 Å². The van der Waals surface area contributed by atoms with Gasteiger partial charge in [0.15, 0.2) is 0 Å². The number of hydrogen-bond donors (Lipinski definition) is 1. The van der Waals surface area contributed by atoms with Crippen molar-refractivity contribution in [1.82, 2.24) is 9.55 Å². The third-order valence-electron chi connectivity index (χ3n) is 3.61. The Kier molecular flexibility index (Phi) is 3.99. The van der Waals surface area contributed by atoms with E-state index in [4.69, 9.17) is 5.73 Å². The molecule has 1 aliphatic rings. The molecule has 0 spiro atoms. The van der Waals surface area contributed by atoms with E-state index in [2.05, 4.69) is 16.5 Å². The largest absolute Gasteiger partial charge is 0.334 e. The van der Waals surface area contributed by atoms with Crippen LogP contribution in [0, 0.1) is 0 Å². The standard InChI is InChI=1S/C13H23N3/c1-2-11(14)6-5-9-16-10-15-12-7-3-4-8-13(12)16/h10-11H,2-9,14H2,1H3. The highest BCUT2D eigenvalue weighted by atomic mass is 15.1. The molecule has 0 amide bonds. The fourth-order valence-corrected chi connectivity index (χ4v) is 2.45. The molecular weight excluding hydrogens is 198 g/mol. The topological polar surface area (TPSA) is 43.8 Å². The van der Waals surface area contributed by atoms with Gasteiger partial charge in [0.2, 0.25) is 0 Å². The summed E-state index contributed by atoms with van der Waals surface area (Å²) in [4.78, 5) is 4.51. The number of fused-ring (bicyclic) bond motifs is 1. The highest BCUT2D eigenvalue weighted by Crippen LogP contribution is 2.20. The van der Waals surface area contributed by atoms with Crippen LogP contribution in [0.5, 0.6) is 0 Å². The molecule has 0 radical (unpaired) electrons. The van der Waals surface area contributed by atoms with Gasteiger partial charge in [-0.1, -0.05) is 6.92 Å². The summed E-state index contributed by atoms with van der Waals surface area (Å²) < 4.78 is 2.34. The van der Waals surface area contributed by atoms with Gasteiger partial charge >= 0.3 is 0 Å². The van der Waals surface area contributed by atoms with Crippen LogP contribution >= 0.6 is 0 Å². The van der Waals surface area contributed by atoms with E-state index in [1.54, 1.807) is 0 Å². The molecule has 0 aliphatic heterocycles. The Balaban J connectivity index is 1.87. The van der Waals surface area contributed by atoms with Crippen LogP contribution in [0.15, 0.2) is 6.33 Å². The lowest BCUT2D eigenvalue weighted by Gasteiger charge is -2.14. The van der Waals surface area contributed by atoms with E-state index in [1.165, 1.54) is 43.5 Å². The molecule has 2 N–H and O–H groups in total. The van der Waals surface area contributed by atoms with Crippen molar-refractivity contribution in [2.75, 3.05) is 0 Å². The minimum Gasteiger partial charge on any atom is -0.334 e. The van der Waals surface area contributed by atoms with E-state index < -0.39 is 0 Å². The van der Waals surface area contributed by atoms with Crippen molar-refractivity contribution < 1.29 is 0 Å². The van der Waals surface area contributed by atoms with Crippen molar-refractivity contribution in [3.05, 3.63) is 17.7 Å². The van der Waals surface area contributed by atoms with Gasteiger partial charge in [-0.05, 0) is 44.9 Å². The molecule has 16 heavy (non-hydrogen) atoms. The molecule has 0 bridgehead atoms. The van der Waals surface area contributed by atoms with Crippen molar-refractivity contribution in [3.63, 3.8) is 0 Å². The van der Waals surface area contributed by atoms with Crippen molar-refractivity contribution in [3.8, 4) is 0 Å². The van der Waals surface area contributed by atoms with Crippen molar-refractivity contribution in [1.29, 1.82) is 0 Å². The van der Waals surface area contributed by atoms with Crippen LogP contribution in [-0.4, -0.2) is 15.6 Å². The SMILES string of the molecule is CCC(N)CCCn1cnc2c1CCCC2. The Morgan fingerprint density at radius 1 is 1.44 bits per heavy atom. The van der Waals surface area contributed by atoms with Gasteiger partial charge in [-0.15, -0.1) is 0 Å². The van der Waals surface area contributed by atoms with Gasteiger partial charge in [-0.25, -0.2) is 4.98 Å². The molecule has 0 fully saturated rings. The summed E-state index contributed by atoms with van der Waals surface area (Å²) in [6, 6.07) is 0.374. The molecular formula is C13H23N3. The Labute approximate surface area is 98.1 Å². The van der Waals surface area contributed by atoms with Crippen LogP contribution in [0.1, 0.15) is 50.4 Å². The van der Waals surface area contributed by atoms with Crippen LogP contribution in [0.3, 0.4) is 0 Å². The summed E-state index contributed by atoms with van der Waals surface area (Å²) in [6.07, 6.45) is 10.4. The van der Waals surface area contributed by atoms with Crippen LogP contribution in [0.25, 0.3) is 0 Å². The first-order chi connectivity index (χ1) is 7.81. The summed E-state index contributed by atoms with van der Waals surface area (Å²) in [5, 5.41) is 0.